The summed E-state index contributed by atoms with van der Waals surface area (Å²) in [5.41, 5.74) is 1.46. The second-order valence-corrected chi connectivity index (χ2v) is 8.54. The van der Waals surface area contributed by atoms with Gasteiger partial charge in [-0.3, -0.25) is 4.79 Å². The molecule has 196 valence electrons. The number of aliphatic carboxylic acids is 1. The van der Waals surface area contributed by atoms with Crippen LogP contribution in [0, 0.1) is 5.82 Å². The van der Waals surface area contributed by atoms with E-state index in [9.17, 15) is 19.1 Å². The van der Waals surface area contributed by atoms with Gasteiger partial charge in [0, 0.05) is 17.6 Å². The number of fused-ring (bicyclic) bond motifs is 1. The summed E-state index contributed by atoms with van der Waals surface area (Å²) in [6, 6.07) is 11.8. The normalized spacial score (nSPS) is 11.6. The van der Waals surface area contributed by atoms with Crippen LogP contribution in [0.1, 0.15) is 21.5 Å². The molecular formula is C27H23FN2O7S. The molecule has 4 aromatic rings. The Balaban J connectivity index is 1.95. The van der Waals surface area contributed by atoms with E-state index in [0.717, 1.165) is 11.7 Å². The molecule has 0 amide bonds. The lowest BCUT2D eigenvalue weighted by Crippen LogP contribution is -2.14. The van der Waals surface area contributed by atoms with Gasteiger partial charge in [-0.25, -0.2) is 9.18 Å². The molecule has 0 saturated heterocycles. The van der Waals surface area contributed by atoms with E-state index in [1.54, 1.807) is 24.3 Å². The molecule has 0 aliphatic heterocycles. The van der Waals surface area contributed by atoms with Crippen molar-refractivity contribution in [1.29, 1.82) is 0 Å². The van der Waals surface area contributed by atoms with Crippen LogP contribution in [-0.2, 0) is 11.2 Å². The minimum absolute atomic E-state index is 0.0233. The first kappa shape index (κ1) is 26.6. The summed E-state index contributed by atoms with van der Waals surface area (Å²) < 4.78 is 43.9. The third-order valence-corrected chi connectivity index (χ3v) is 6.41. The number of allylic oxidation sites excluding steroid dienone is 1. The molecule has 4 rings (SSSR count). The first-order valence-electron chi connectivity index (χ1n) is 11.2. The second kappa shape index (κ2) is 11.3. The van der Waals surface area contributed by atoms with Crippen LogP contribution in [0.25, 0.3) is 16.6 Å². The number of rotatable bonds is 10. The molecule has 1 aromatic heterocycles. The molecule has 0 unspecified atom stereocenters. The number of benzene rings is 3. The van der Waals surface area contributed by atoms with E-state index in [2.05, 4.69) is 8.75 Å². The van der Waals surface area contributed by atoms with Crippen molar-refractivity contribution in [3.05, 3.63) is 76.6 Å². The van der Waals surface area contributed by atoms with E-state index in [4.69, 9.17) is 18.9 Å². The van der Waals surface area contributed by atoms with Crippen LogP contribution < -0.4 is 18.9 Å². The Kier molecular flexibility index (Phi) is 7.87. The third-order valence-electron chi connectivity index (χ3n) is 5.86. The van der Waals surface area contributed by atoms with E-state index in [-0.39, 0.29) is 51.7 Å². The van der Waals surface area contributed by atoms with Crippen molar-refractivity contribution >= 4 is 40.1 Å². The molecule has 0 bridgehead atoms. The van der Waals surface area contributed by atoms with Crippen molar-refractivity contribution in [2.45, 2.75) is 6.42 Å². The van der Waals surface area contributed by atoms with Gasteiger partial charge in [0.15, 0.2) is 28.8 Å². The van der Waals surface area contributed by atoms with Crippen molar-refractivity contribution in [3.63, 3.8) is 0 Å². The highest BCUT2D eigenvalue weighted by molar-refractivity contribution is 7.00. The van der Waals surface area contributed by atoms with Crippen molar-refractivity contribution in [1.82, 2.24) is 8.75 Å². The van der Waals surface area contributed by atoms with Crippen LogP contribution in [-0.4, -0.2) is 54.0 Å². The Bertz CT molecular complexity index is 1540. The number of halogens is 1. The zero-order valence-corrected chi connectivity index (χ0v) is 21.7. The predicted octanol–water partition coefficient (Wildman–Crippen LogP) is 4.83. The fourth-order valence-corrected chi connectivity index (χ4v) is 4.57. The quantitative estimate of drug-likeness (QED) is 0.224. The van der Waals surface area contributed by atoms with Gasteiger partial charge in [0.05, 0.1) is 45.7 Å². The SMILES string of the molecule is COc1ccc(CC(C(=O)c2cc(OC)c(OC)c(OC)c2)=C(C(=O)O)c2ccc3nsnc3c2)cc1F. The standard InChI is InChI=1S/C27H23FN2O7S/c1-34-21-8-5-14(10-18(21)28)9-17(24(27(32)33)15-6-7-19-20(11-15)30-38-29-19)25(31)16-12-22(35-2)26(37-4)23(13-16)36-3/h5-8,10-13H,9H2,1-4H3,(H,32,33). The number of ketones is 1. The topological polar surface area (TPSA) is 117 Å². The Labute approximate surface area is 221 Å². The van der Waals surface area contributed by atoms with Crippen LogP contribution >= 0.6 is 11.7 Å². The number of carbonyl (C=O) groups is 2. The number of hydrogen-bond donors (Lipinski definition) is 1. The van der Waals surface area contributed by atoms with Crippen molar-refractivity contribution in [2.75, 3.05) is 28.4 Å². The zero-order chi connectivity index (χ0) is 27.4. The van der Waals surface area contributed by atoms with Crippen molar-refractivity contribution < 1.29 is 38.0 Å². The van der Waals surface area contributed by atoms with Crippen LogP contribution in [0.4, 0.5) is 4.39 Å². The number of nitrogens with zero attached hydrogens (tertiary/aromatic N) is 2. The van der Waals surface area contributed by atoms with E-state index >= 15 is 0 Å². The highest BCUT2D eigenvalue weighted by atomic mass is 32.1. The van der Waals surface area contributed by atoms with Crippen molar-refractivity contribution in [3.8, 4) is 23.0 Å². The van der Waals surface area contributed by atoms with Crippen LogP contribution in [0.15, 0.2) is 54.1 Å². The Morgan fingerprint density at radius 3 is 2.05 bits per heavy atom. The minimum atomic E-state index is -1.34. The summed E-state index contributed by atoms with van der Waals surface area (Å²) >= 11 is 0.989. The first-order valence-corrected chi connectivity index (χ1v) is 11.9. The predicted molar refractivity (Wildman–Crippen MR) is 139 cm³/mol. The first-order chi connectivity index (χ1) is 18.3. The molecule has 3 aromatic carbocycles. The van der Waals surface area contributed by atoms with E-state index in [0.29, 0.717) is 16.6 Å². The maximum absolute atomic E-state index is 14.5. The van der Waals surface area contributed by atoms with Crippen LogP contribution in [0.3, 0.4) is 0 Å². The lowest BCUT2D eigenvalue weighted by atomic mass is 9.89. The smallest absolute Gasteiger partial charge is 0.336 e. The molecule has 0 saturated carbocycles. The van der Waals surface area contributed by atoms with Gasteiger partial charge in [0.25, 0.3) is 0 Å². The Morgan fingerprint density at radius 1 is 0.816 bits per heavy atom. The summed E-state index contributed by atoms with van der Waals surface area (Å²) in [6.07, 6.45) is -0.189. The maximum atomic E-state index is 14.5. The largest absolute Gasteiger partial charge is 0.494 e. The monoisotopic (exact) mass is 538 g/mol. The number of Topliss-reactive ketones (excluding diaryl/α,β-unsaturated/α-hetero) is 1. The molecular weight excluding hydrogens is 515 g/mol. The summed E-state index contributed by atoms with van der Waals surface area (Å²) in [6.45, 7) is 0. The lowest BCUT2D eigenvalue weighted by Gasteiger charge is -2.16. The summed E-state index contributed by atoms with van der Waals surface area (Å²) in [5.74, 6) is -1.86. The van der Waals surface area contributed by atoms with Crippen LogP contribution in [0.2, 0.25) is 0 Å². The van der Waals surface area contributed by atoms with E-state index in [1.807, 2.05) is 0 Å². The third kappa shape index (κ3) is 5.14. The number of ether oxygens (including phenoxy) is 4. The zero-order valence-electron chi connectivity index (χ0n) is 20.9. The summed E-state index contributed by atoms with van der Waals surface area (Å²) in [5, 5.41) is 10.3. The molecule has 11 heteroatoms. The summed E-state index contributed by atoms with van der Waals surface area (Å²) in [4.78, 5) is 26.7. The van der Waals surface area contributed by atoms with Gasteiger partial charge < -0.3 is 24.1 Å². The lowest BCUT2D eigenvalue weighted by molar-refractivity contribution is -0.130. The molecule has 1 heterocycles. The molecule has 0 atom stereocenters. The Hall–Kier alpha value is -4.51. The number of methoxy groups -OCH3 is 4. The van der Waals surface area contributed by atoms with Gasteiger partial charge in [-0.15, -0.1) is 0 Å². The summed E-state index contributed by atoms with van der Waals surface area (Å²) in [7, 11) is 5.57. The number of carboxylic acid groups (broad SMARTS) is 1. The molecule has 9 nitrogen and oxygen atoms in total. The number of hydrogen-bond acceptors (Lipinski definition) is 9. The average molecular weight is 539 g/mol. The molecule has 0 fully saturated rings. The maximum Gasteiger partial charge on any atom is 0.336 e. The fraction of sp³-hybridized carbons (Fsp3) is 0.185. The van der Waals surface area contributed by atoms with Gasteiger partial charge in [-0.05, 0) is 47.5 Å². The highest BCUT2D eigenvalue weighted by Gasteiger charge is 2.27. The fourth-order valence-electron chi connectivity index (χ4n) is 4.06. The number of carboxylic acids is 1. The highest BCUT2D eigenvalue weighted by Crippen LogP contribution is 2.39. The van der Waals surface area contributed by atoms with Gasteiger partial charge in [-0.2, -0.15) is 8.75 Å². The minimum Gasteiger partial charge on any atom is -0.494 e. The van der Waals surface area contributed by atoms with Gasteiger partial charge in [0.2, 0.25) is 5.75 Å². The Morgan fingerprint density at radius 2 is 1.47 bits per heavy atom. The van der Waals surface area contributed by atoms with Gasteiger partial charge in [0.1, 0.15) is 11.0 Å². The van der Waals surface area contributed by atoms with Crippen LogP contribution in [0.5, 0.6) is 23.0 Å². The van der Waals surface area contributed by atoms with Crippen molar-refractivity contribution in [2.24, 2.45) is 0 Å². The molecule has 0 aliphatic carbocycles. The molecule has 0 aliphatic rings. The van der Waals surface area contributed by atoms with Gasteiger partial charge >= 0.3 is 5.97 Å². The second-order valence-electron chi connectivity index (χ2n) is 8.02. The van der Waals surface area contributed by atoms with Gasteiger partial charge in [-0.1, -0.05) is 12.1 Å². The average Bonchev–Trinajstić information content (AvgIpc) is 3.39. The number of carbonyl (C=O) groups excluding carboxylic acids is 1. The molecule has 0 spiro atoms. The molecule has 1 N–H and O–H groups in total. The van der Waals surface area contributed by atoms with E-state index in [1.165, 1.54) is 52.7 Å². The molecule has 38 heavy (non-hydrogen) atoms. The number of aromatic nitrogens is 2. The van der Waals surface area contributed by atoms with E-state index < -0.39 is 17.6 Å². The molecule has 0 radical (unpaired) electrons.